The molecule has 0 bridgehead atoms. The zero-order valence-electron chi connectivity index (χ0n) is 10.5. The van der Waals surface area contributed by atoms with E-state index in [1.807, 2.05) is 6.92 Å². The van der Waals surface area contributed by atoms with Crippen LogP contribution in [0.1, 0.15) is 46.5 Å². The summed E-state index contributed by atoms with van der Waals surface area (Å²) < 4.78 is 24.8. The fourth-order valence-electron chi connectivity index (χ4n) is 3.25. The van der Waals surface area contributed by atoms with Gasteiger partial charge in [-0.15, -0.1) is 0 Å². The molecule has 3 atom stereocenters. The maximum absolute atomic E-state index is 12.4. The highest BCUT2D eigenvalue weighted by atomic mass is 32.2. The molecule has 0 radical (unpaired) electrons. The molecule has 3 nitrogen and oxygen atoms in total. The Bertz CT molecular complexity index is 361. The van der Waals surface area contributed by atoms with Crippen LogP contribution in [0.4, 0.5) is 0 Å². The third-order valence-electron chi connectivity index (χ3n) is 4.42. The molecule has 0 aromatic carbocycles. The highest BCUT2D eigenvalue weighted by Crippen LogP contribution is 2.40. The van der Waals surface area contributed by atoms with Gasteiger partial charge >= 0.3 is 0 Å². The molecule has 2 aliphatic rings. The molecule has 1 heterocycles. The summed E-state index contributed by atoms with van der Waals surface area (Å²) in [6, 6.07) is 0.149. The molecule has 0 spiro atoms. The first-order chi connectivity index (χ1) is 7.36. The number of hydrogen-bond acceptors (Lipinski definition) is 3. The van der Waals surface area contributed by atoms with E-state index in [1.165, 1.54) is 0 Å². The van der Waals surface area contributed by atoms with Gasteiger partial charge in [0.05, 0.1) is 10.5 Å². The SMILES string of the molecule is CC1CCNC2C(CCCC2(C)C)S1(=O)=O. The van der Waals surface area contributed by atoms with Crippen molar-refractivity contribution in [3.63, 3.8) is 0 Å². The van der Waals surface area contributed by atoms with Crippen LogP contribution >= 0.6 is 0 Å². The molecular weight excluding hydrogens is 222 g/mol. The Morgan fingerprint density at radius 3 is 2.62 bits per heavy atom. The van der Waals surface area contributed by atoms with Gasteiger partial charge in [-0.25, -0.2) is 8.42 Å². The van der Waals surface area contributed by atoms with Gasteiger partial charge in [0.25, 0.3) is 0 Å². The number of hydrogen-bond donors (Lipinski definition) is 1. The average Bonchev–Trinajstić information content (AvgIpc) is 2.28. The molecule has 1 saturated carbocycles. The Kier molecular flexibility index (Phi) is 3.08. The molecule has 0 aromatic heterocycles. The van der Waals surface area contributed by atoms with Crippen LogP contribution in [0.3, 0.4) is 0 Å². The summed E-state index contributed by atoms with van der Waals surface area (Å²) >= 11 is 0. The molecule has 1 aliphatic carbocycles. The molecule has 1 saturated heterocycles. The lowest BCUT2D eigenvalue weighted by Crippen LogP contribution is -2.54. The van der Waals surface area contributed by atoms with Crippen molar-refractivity contribution in [3.8, 4) is 0 Å². The van der Waals surface area contributed by atoms with Crippen LogP contribution < -0.4 is 5.32 Å². The van der Waals surface area contributed by atoms with E-state index in [1.54, 1.807) is 0 Å². The van der Waals surface area contributed by atoms with Crippen LogP contribution in [-0.2, 0) is 9.84 Å². The third kappa shape index (κ3) is 1.90. The van der Waals surface area contributed by atoms with Crippen molar-refractivity contribution in [2.45, 2.75) is 63.0 Å². The first-order valence-electron chi connectivity index (χ1n) is 6.32. The average molecular weight is 245 g/mol. The van der Waals surface area contributed by atoms with E-state index < -0.39 is 9.84 Å². The number of sulfone groups is 1. The summed E-state index contributed by atoms with van der Waals surface area (Å²) in [6.45, 7) is 7.09. The smallest absolute Gasteiger partial charge is 0.157 e. The lowest BCUT2D eigenvalue weighted by atomic mass is 9.73. The zero-order chi connectivity index (χ0) is 12.0. The normalized spacial score (nSPS) is 42.1. The molecule has 16 heavy (non-hydrogen) atoms. The minimum atomic E-state index is -2.93. The Hall–Kier alpha value is -0.0900. The van der Waals surface area contributed by atoms with Crippen molar-refractivity contribution in [2.75, 3.05) is 6.54 Å². The Balaban J connectivity index is 2.37. The molecule has 1 N–H and O–H groups in total. The van der Waals surface area contributed by atoms with Gasteiger partial charge in [0, 0.05) is 6.04 Å². The lowest BCUT2D eigenvalue weighted by Gasteiger charge is -2.43. The summed E-state index contributed by atoms with van der Waals surface area (Å²) in [7, 11) is -2.93. The maximum Gasteiger partial charge on any atom is 0.157 e. The minimum Gasteiger partial charge on any atom is -0.312 e. The first-order valence-corrected chi connectivity index (χ1v) is 7.93. The highest BCUT2D eigenvalue weighted by molar-refractivity contribution is 7.92. The second kappa shape index (κ2) is 3.98. The molecule has 2 rings (SSSR count). The predicted octanol–water partition coefficient (Wildman–Crippen LogP) is 1.73. The van der Waals surface area contributed by atoms with Gasteiger partial charge in [-0.2, -0.15) is 0 Å². The van der Waals surface area contributed by atoms with E-state index in [-0.39, 0.29) is 22.0 Å². The number of nitrogens with one attached hydrogen (secondary N) is 1. The van der Waals surface area contributed by atoms with Gasteiger partial charge in [0.2, 0.25) is 0 Å². The first kappa shape index (κ1) is 12.4. The van der Waals surface area contributed by atoms with E-state index in [0.29, 0.717) is 0 Å². The minimum absolute atomic E-state index is 0.111. The van der Waals surface area contributed by atoms with E-state index in [2.05, 4.69) is 19.2 Å². The van der Waals surface area contributed by atoms with Crippen LogP contribution in [-0.4, -0.2) is 31.5 Å². The molecule has 2 fully saturated rings. The number of rotatable bonds is 0. The van der Waals surface area contributed by atoms with Gasteiger partial charge < -0.3 is 5.32 Å². The summed E-state index contributed by atoms with van der Waals surface area (Å²) in [5.74, 6) is 0. The highest BCUT2D eigenvalue weighted by Gasteiger charge is 2.47. The molecule has 1 aliphatic heterocycles. The fourth-order valence-corrected chi connectivity index (χ4v) is 5.63. The second-order valence-corrected chi connectivity index (χ2v) is 8.63. The van der Waals surface area contributed by atoms with Crippen molar-refractivity contribution in [2.24, 2.45) is 5.41 Å². The molecule has 94 valence electrons. The van der Waals surface area contributed by atoms with E-state index >= 15 is 0 Å². The lowest BCUT2D eigenvalue weighted by molar-refractivity contribution is 0.174. The molecule has 4 heteroatoms. The van der Waals surface area contributed by atoms with Crippen molar-refractivity contribution >= 4 is 9.84 Å². The topological polar surface area (TPSA) is 46.2 Å². The van der Waals surface area contributed by atoms with E-state index in [0.717, 1.165) is 32.2 Å². The monoisotopic (exact) mass is 245 g/mol. The molecule has 3 unspecified atom stereocenters. The molecule has 0 aromatic rings. The molecular formula is C12H23NO2S. The van der Waals surface area contributed by atoms with Gasteiger partial charge in [0.1, 0.15) is 0 Å². The van der Waals surface area contributed by atoms with E-state index in [4.69, 9.17) is 0 Å². The van der Waals surface area contributed by atoms with Crippen LogP contribution in [0, 0.1) is 5.41 Å². The summed E-state index contributed by atoms with van der Waals surface area (Å²) in [6.07, 6.45) is 3.77. The van der Waals surface area contributed by atoms with Crippen molar-refractivity contribution in [1.82, 2.24) is 5.32 Å². The fraction of sp³-hybridized carbons (Fsp3) is 1.00. The Morgan fingerprint density at radius 1 is 1.25 bits per heavy atom. The summed E-state index contributed by atoms with van der Waals surface area (Å²) in [5, 5.41) is 3.15. The van der Waals surface area contributed by atoms with E-state index in [9.17, 15) is 8.42 Å². The van der Waals surface area contributed by atoms with Crippen molar-refractivity contribution in [3.05, 3.63) is 0 Å². The predicted molar refractivity (Wildman–Crippen MR) is 66.2 cm³/mol. The van der Waals surface area contributed by atoms with Crippen LogP contribution in [0.25, 0.3) is 0 Å². The van der Waals surface area contributed by atoms with Gasteiger partial charge in [0.15, 0.2) is 9.84 Å². The molecule has 0 amide bonds. The largest absolute Gasteiger partial charge is 0.312 e. The Labute approximate surface area is 98.9 Å². The van der Waals surface area contributed by atoms with Crippen molar-refractivity contribution < 1.29 is 8.42 Å². The summed E-state index contributed by atoms with van der Waals surface area (Å²) in [4.78, 5) is 0. The van der Waals surface area contributed by atoms with Crippen LogP contribution in [0.5, 0.6) is 0 Å². The van der Waals surface area contributed by atoms with Gasteiger partial charge in [-0.3, -0.25) is 0 Å². The standard InChI is InChI=1S/C12H23NO2S/c1-9-6-8-13-11-10(16(9,14)15)5-4-7-12(11,2)3/h9-11,13H,4-8H2,1-3H3. The third-order valence-corrected chi connectivity index (χ3v) is 7.13. The second-order valence-electron chi connectivity index (χ2n) is 6.04. The quantitative estimate of drug-likeness (QED) is 0.707. The van der Waals surface area contributed by atoms with Gasteiger partial charge in [-0.05, 0) is 38.1 Å². The van der Waals surface area contributed by atoms with Crippen LogP contribution in [0.15, 0.2) is 0 Å². The number of fused-ring (bicyclic) bond motifs is 1. The van der Waals surface area contributed by atoms with Crippen LogP contribution in [0.2, 0.25) is 0 Å². The van der Waals surface area contributed by atoms with Gasteiger partial charge in [-0.1, -0.05) is 20.3 Å². The maximum atomic E-state index is 12.4. The Morgan fingerprint density at radius 2 is 1.94 bits per heavy atom. The van der Waals surface area contributed by atoms with Crippen molar-refractivity contribution in [1.29, 1.82) is 0 Å². The summed E-state index contributed by atoms with van der Waals surface area (Å²) in [5.41, 5.74) is 0.111. The zero-order valence-corrected chi connectivity index (χ0v) is 11.3.